The van der Waals surface area contributed by atoms with Crippen LogP contribution in [0.2, 0.25) is 0 Å². The van der Waals surface area contributed by atoms with E-state index in [1.165, 1.54) is 12.1 Å². The Labute approximate surface area is 133 Å². The highest BCUT2D eigenvalue weighted by atomic mass is 79.9. The summed E-state index contributed by atoms with van der Waals surface area (Å²) in [5, 5.41) is 3.51. The molecule has 2 nitrogen and oxygen atoms in total. The maximum absolute atomic E-state index is 13.3. The number of halogens is 2. The van der Waals surface area contributed by atoms with Crippen LogP contribution < -0.4 is 10.1 Å². The van der Waals surface area contributed by atoms with Crippen LogP contribution in [0.5, 0.6) is 5.75 Å². The number of hydrogen-bond donors (Lipinski definition) is 1. The Morgan fingerprint density at radius 3 is 2.71 bits per heavy atom. The number of ether oxygens (including phenoxy) is 1. The molecule has 1 unspecified atom stereocenters. The van der Waals surface area contributed by atoms with Gasteiger partial charge < -0.3 is 10.1 Å². The molecule has 0 fully saturated rings. The quantitative estimate of drug-likeness (QED) is 0.815. The van der Waals surface area contributed by atoms with Gasteiger partial charge in [0.05, 0.1) is 13.2 Å². The molecule has 4 heteroatoms. The first kappa shape index (κ1) is 16.0. The topological polar surface area (TPSA) is 21.3 Å². The van der Waals surface area contributed by atoms with Crippen molar-refractivity contribution in [2.45, 2.75) is 19.4 Å². The van der Waals surface area contributed by atoms with Crippen molar-refractivity contribution in [2.24, 2.45) is 0 Å². The fraction of sp³-hybridized carbons (Fsp3) is 0.294. The smallest absolute Gasteiger partial charge is 0.124 e. The van der Waals surface area contributed by atoms with Crippen LogP contribution in [0.15, 0.2) is 46.9 Å². The summed E-state index contributed by atoms with van der Waals surface area (Å²) in [7, 11) is 1.65. The molecule has 1 N–H and O–H groups in total. The van der Waals surface area contributed by atoms with Gasteiger partial charge in [0.1, 0.15) is 11.6 Å². The van der Waals surface area contributed by atoms with Gasteiger partial charge in [0, 0.05) is 4.47 Å². The van der Waals surface area contributed by atoms with Crippen molar-refractivity contribution < 1.29 is 9.13 Å². The maximum Gasteiger partial charge on any atom is 0.124 e. The van der Waals surface area contributed by atoms with Crippen molar-refractivity contribution >= 4 is 15.9 Å². The third-order valence-electron chi connectivity index (χ3n) is 3.30. The summed E-state index contributed by atoms with van der Waals surface area (Å²) < 4.78 is 19.4. The molecule has 0 aromatic heterocycles. The molecule has 0 amide bonds. The van der Waals surface area contributed by atoms with Crippen molar-refractivity contribution in [1.29, 1.82) is 0 Å². The molecule has 0 aliphatic rings. The largest absolute Gasteiger partial charge is 0.497 e. The molecular weight excluding hydrogens is 333 g/mol. The summed E-state index contributed by atoms with van der Waals surface area (Å²) in [6, 6.07) is 12.7. The van der Waals surface area contributed by atoms with Gasteiger partial charge in [-0.15, -0.1) is 0 Å². The lowest BCUT2D eigenvalue weighted by Crippen LogP contribution is -2.23. The molecule has 0 radical (unpaired) electrons. The minimum atomic E-state index is -0.245. The fourth-order valence-electron chi connectivity index (χ4n) is 2.25. The fourth-order valence-corrected chi connectivity index (χ4v) is 2.83. The number of nitrogens with one attached hydrogen (secondary N) is 1. The van der Waals surface area contributed by atoms with E-state index in [4.69, 9.17) is 4.74 Å². The zero-order valence-electron chi connectivity index (χ0n) is 12.2. The van der Waals surface area contributed by atoms with E-state index in [9.17, 15) is 4.39 Å². The first-order chi connectivity index (χ1) is 10.2. The van der Waals surface area contributed by atoms with Crippen LogP contribution in [0.4, 0.5) is 4.39 Å². The minimum Gasteiger partial charge on any atom is -0.497 e. The predicted octanol–water partition coefficient (Wildman–Crippen LogP) is 4.69. The van der Waals surface area contributed by atoms with E-state index in [1.807, 2.05) is 30.3 Å². The van der Waals surface area contributed by atoms with Crippen LogP contribution >= 0.6 is 15.9 Å². The molecule has 2 aromatic carbocycles. The Morgan fingerprint density at radius 2 is 2.05 bits per heavy atom. The first-order valence-electron chi connectivity index (χ1n) is 6.98. The minimum absolute atomic E-state index is 0.00461. The third-order valence-corrected chi connectivity index (χ3v) is 3.99. The Hall–Kier alpha value is -1.39. The van der Waals surface area contributed by atoms with E-state index in [2.05, 4.69) is 28.2 Å². The lowest BCUT2D eigenvalue weighted by molar-refractivity contribution is 0.413. The van der Waals surface area contributed by atoms with Gasteiger partial charge in [-0.1, -0.05) is 41.1 Å². The SMILES string of the molecule is CCCNC(c1cccc(OC)c1)c1ccc(F)cc1Br. The zero-order chi connectivity index (χ0) is 15.2. The second-order valence-corrected chi connectivity index (χ2v) is 5.68. The zero-order valence-corrected chi connectivity index (χ0v) is 13.8. The summed E-state index contributed by atoms with van der Waals surface area (Å²) in [6.07, 6.45) is 1.03. The number of methoxy groups -OCH3 is 1. The monoisotopic (exact) mass is 351 g/mol. The molecule has 1 atom stereocenters. The van der Waals surface area contributed by atoms with E-state index in [1.54, 1.807) is 7.11 Å². The predicted molar refractivity (Wildman–Crippen MR) is 87.2 cm³/mol. The molecule has 0 bridgehead atoms. The van der Waals surface area contributed by atoms with Crippen molar-refractivity contribution in [2.75, 3.05) is 13.7 Å². The molecule has 0 saturated heterocycles. The normalized spacial score (nSPS) is 12.2. The van der Waals surface area contributed by atoms with Crippen LogP contribution in [-0.4, -0.2) is 13.7 Å². The molecular formula is C17H19BrFNO. The molecule has 2 rings (SSSR count). The van der Waals surface area contributed by atoms with Gasteiger partial charge in [0.2, 0.25) is 0 Å². The summed E-state index contributed by atoms with van der Waals surface area (Å²) in [6.45, 7) is 3.00. The lowest BCUT2D eigenvalue weighted by Gasteiger charge is -2.21. The molecule has 0 aliphatic heterocycles. The Morgan fingerprint density at radius 1 is 1.24 bits per heavy atom. The molecule has 2 aromatic rings. The Balaban J connectivity index is 2.41. The lowest BCUT2D eigenvalue weighted by atomic mass is 9.98. The molecule has 0 spiro atoms. The van der Waals surface area contributed by atoms with Gasteiger partial charge in [-0.05, 0) is 48.4 Å². The van der Waals surface area contributed by atoms with Crippen LogP contribution in [-0.2, 0) is 0 Å². The molecule has 112 valence electrons. The van der Waals surface area contributed by atoms with Gasteiger partial charge in [0.15, 0.2) is 0 Å². The van der Waals surface area contributed by atoms with E-state index >= 15 is 0 Å². The molecule has 0 aliphatic carbocycles. The van der Waals surface area contributed by atoms with E-state index in [-0.39, 0.29) is 11.9 Å². The summed E-state index contributed by atoms with van der Waals surface area (Å²) in [5.41, 5.74) is 2.10. The summed E-state index contributed by atoms with van der Waals surface area (Å²) in [5.74, 6) is 0.569. The summed E-state index contributed by atoms with van der Waals surface area (Å²) in [4.78, 5) is 0. The van der Waals surface area contributed by atoms with Crippen molar-refractivity contribution in [3.8, 4) is 5.75 Å². The van der Waals surface area contributed by atoms with Gasteiger partial charge in [0.25, 0.3) is 0 Å². The highest BCUT2D eigenvalue weighted by Gasteiger charge is 2.17. The van der Waals surface area contributed by atoms with Gasteiger partial charge in [-0.25, -0.2) is 4.39 Å². The average Bonchev–Trinajstić information content (AvgIpc) is 2.49. The highest BCUT2D eigenvalue weighted by molar-refractivity contribution is 9.10. The van der Waals surface area contributed by atoms with E-state index in [0.29, 0.717) is 0 Å². The summed E-state index contributed by atoms with van der Waals surface area (Å²) >= 11 is 3.46. The van der Waals surface area contributed by atoms with Crippen LogP contribution in [0.1, 0.15) is 30.5 Å². The molecule has 0 saturated carbocycles. The average molecular weight is 352 g/mol. The van der Waals surface area contributed by atoms with E-state index in [0.717, 1.165) is 34.3 Å². The number of rotatable bonds is 6. The second kappa shape index (κ2) is 7.57. The van der Waals surface area contributed by atoms with Crippen LogP contribution in [0.3, 0.4) is 0 Å². The number of benzene rings is 2. The third kappa shape index (κ3) is 4.05. The van der Waals surface area contributed by atoms with Gasteiger partial charge in [-0.2, -0.15) is 0 Å². The second-order valence-electron chi connectivity index (χ2n) is 4.83. The van der Waals surface area contributed by atoms with Crippen molar-refractivity contribution in [1.82, 2.24) is 5.32 Å². The Kier molecular flexibility index (Phi) is 5.76. The van der Waals surface area contributed by atoms with Crippen molar-refractivity contribution in [3.63, 3.8) is 0 Å². The standard InChI is InChI=1S/C17H19BrFNO/c1-3-9-20-17(12-5-4-6-14(10-12)21-2)15-8-7-13(19)11-16(15)18/h4-8,10-11,17,20H,3,9H2,1-2H3. The maximum atomic E-state index is 13.3. The van der Waals surface area contributed by atoms with Crippen LogP contribution in [0.25, 0.3) is 0 Å². The van der Waals surface area contributed by atoms with Crippen molar-refractivity contribution in [3.05, 3.63) is 63.9 Å². The van der Waals surface area contributed by atoms with Crippen LogP contribution in [0, 0.1) is 5.82 Å². The highest BCUT2D eigenvalue weighted by Crippen LogP contribution is 2.30. The first-order valence-corrected chi connectivity index (χ1v) is 7.77. The van der Waals surface area contributed by atoms with E-state index < -0.39 is 0 Å². The number of hydrogen-bond acceptors (Lipinski definition) is 2. The Bertz CT molecular complexity index is 603. The van der Waals surface area contributed by atoms with Gasteiger partial charge in [-0.3, -0.25) is 0 Å². The molecule has 0 heterocycles. The molecule has 21 heavy (non-hydrogen) atoms. The van der Waals surface area contributed by atoms with Gasteiger partial charge >= 0.3 is 0 Å².